The third-order valence-electron chi connectivity index (χ3n) is 0.236. The van der Waals surface area contributed by atoms with Gasteiger partial charge in [0.05, 0.1) is 6.61 Å². The van der Waals surface area contributed by atoms with Gasteiger partial charge in [-0.3, -0.25) is 0 Å². The molecule has 64 valence electrons. The maximum absolute atomic E-state index is 8.88. The predicted molar refractivity (Wildman–Crippen MR) is 32.7 cm³/mol. The standard InChI is InChI=1S/C3H7O2.Na.H3O4P/c1-5-3-2-4;;1-5(2,3)4/h4H,1-3H2;;(H3,1,2,3,4)/q-1;+1;. The minimum Gasteiger partial charge on any atom is -0.553 e. The van der Waals surface area contributed by atoms with Crippen molar-refractivity contribution in [3.05, 3.63) is 7.11 Å². The minimum atomic E-state index is -4.64. The normalized spacial score (nSPS) is 9.18. The van der Waals surface area contributed by atoms with E-state index in [1.165, 1.54) is 0 Å². The maximum atomic E-state index is 8.88. The van der Waals surface area contributed by atoms with Crippen molar-refractivity contribution in [2.45, 2.75) is 0 Å². The number of hydrogen-bond acceptors (Lipinski definition) is 3. The fourth-order valence-electron chi connectivity index (χ4n) is 0.0645. The van der Waals surface area contributed by atoms with Crippen LogP contribution in [-0.2, 0) is 9.30 Å². The second kappa shape index (κ2) is 11.0. The fraction of sp³-hybridized carbons (Fsp3) is 0.667. The van der Waals surface area contributed by atoms with Gasteiger partial charge in [-0.2, -0.15) is 0 Å². The SMILES string of the molecule is O=P(O)(O)O.[CH2-]OCCO.[Na+]. The van der Waals surface area contributed by atoms with Gasteiger partial charge in [-0.15, -0.1) is 0 Å². The molecule has 0 spiro atoms. The molecule has 0 amide bonds. The van der Waals surface area contributed by atoms with Crippen LogP contribution in [0.15, 0.2) is 0 Å². The fourth-order valence-corrected chi connectivity index (χ4v) is 0.0645. The summed E-state index contributed by atoms with van der Waals surface area (Å²) in [7, 11) is -1.62. The number of rotatable bonds is 2. The van der Waals surface area contributed by atoms with E-state index in [-0.39, 0.29) is 36.2 Å². The van der Waals surface area contributed by atoms with Crippen molar-refractivity contribution < 1.29 is 58.6 Å². The molecule has 0 saturated carbocycles. The second-order valence-corrected chi connectivity index (χ2v) is 2.17. The molecule has 0 saturated heterocycles. The van der Waals surface area contributed by atoms with E-state index in [2.05, 4.69) is 11.8 Å². The van der Waals surface area contributed by atoms with Crippen molar-refractivity contribution in [2.24, 2.45) is 0 Å². The van der Waals surface area contributed by atoms with Gasteiger partial charge >= 0.3 is 37.4 Å². The van der Waals surface area contributed by atoms with Crippen molar-refractivity contribution in [3.8, 4) is 0 Å². The van der Waals surface area contributed by atoms with Crippen LogP contribution in [0.4, 0.5) is 0 Å². The van der Waals surface area contributed by atoms with Crippen LogP contribution in [0.1, 0.15) is 0 Å². The van der Waals surface area contributed by atoms with Crippen LogP contribution in [0.25, 0.3) is 0 Å². The van der Waals surface area contributed by atoms with Gasteiger partial charge < -0.3 is 24.5 Å². The molecule has 0 aromatic carbocycles. The Morgan fingerprint density at radius 3 is 1.64 bits per heavy atom. The molecule has 0 atom stereocenters. The van der Waals surface area contributed by atoms with Crippen LogP contribution in [0.5, 0.6) is 0 Å². The van der Waals surface area contributed by atoms with Crippen LogP contribution in [0, 0.1) is 7.11 Å². The first-order valence-corrected chi connectivity index (χ1v) is 3.74. The summed E-state index contributed by atoms with van der Waals surface area (Å²) in [4.78, 5) is 21.6. The molecule has 0 radical (unpaired) electrons. The van der Waals surface area contributed by atoms with Crippen molar-refractivity contribution in [1.82, 2.24) is 0 Å². The molecule has 4 N–H and O–H groups in total. The summed E-state index contributed by atoms with van der Waals surface area (Å²) in [6.45, 7) is 0.392. The Morgan fingerprint density at radius 2 is 1.64 bits per heavy atom. The summed E-state index contributed by atoms with van der Waals surface area (Å²) < 4.78 is 13.1. The van der Waals surface area contributed by atoms with E-state index < -0.39 is 7.82 Å². The molecule has 0 aromatic rings. The summed E-state index contributed by atoms with van der Waals surface area (Å²) in [5.74, 6) is 0. The quantitative estimate of drug-likeness (QED) is 0.203. The summed E-state index contributed by atoms with van der Waals surface area (Å²) in [5.41, 5.74) is 0. The Hall–Kier alpha value is 1.03. The zero-order chi connectivity index (χ0) is 8.62. The van der Waals surface area contributed by atoms with Crippen LogP contribution < -0.4 is 29.6 Å². The molecule has 11 heavy (non-hydrogen) atoms. The Morgan fingerprint density at radius 1 is 1.36 bits per heavy atom. The molecule has 0 aromatic heterocycles. The van der Waals surface area contributed by atoms with Crippen molar-refractivity contribution in [2.75, 3.05) is 13.2 Å². The largest absolute Gasteiger partial charge is 1.00 e. The van der Waals surface area contributed by atoms with E-state index in [0.717, 1.165) is 0 Å². The smallest absolute Gasteiger partial charge is 0.553 e. The van der Waals surface area contributed by atoms with E-state index in [9.17, 15) is 0 Å². The van der Waals surface area contributed by atoms with E-state index in [1.54, 1.807) is 0 Å². The summed E-state index contributed by atoms with van der Waals surface area (Å²) in [5, 5.41) is 7.90. The zero-order valence-corrected chi connectivity index (χ0v) is 9.07. The monoisotopic (exact) mass is 196 g/mol. The first kappa shape index (κ1) is 17.9. The van der Waals surface area contributed by atoms with Crippen molar-refractivity contribution >= 4 is 7.82 Å². The number of aliphatic hydroxyl groups excluding tert-OH is 1. The third-order valence-corrected chi connectivity index (χ3v) is 0.236. The van der Waals surface area contributed by atoms with Gasteiger partial charge in [0.2, 0.25) is 0 Å². The Bertz CT molecular complexity index is 91.7. The maximum Gasteiger partial charge on any atom is 1.00 e. The molecule has 0 fully saturated rings. The van der Waals surface area contributed by atoms with Gasteiger partial charge in [-0.05, 0) is 0 Å². The predicted octanol–water partition coefficient (Wildman–Crippen LogP) is -4.14. The van der Waals surface area contributed by atoms with Crippen molar-refractivity contribution in [1.29, 1.82) is 0 Å². The van der Waals surface area contributed by atoms with Gasteiger partial charge in [0.25, 0.3) is 0 Å². The van der Waals surface area contributed by atoms with E-state index in [0.29, 0.717) is 6.61 Å². The molecule has 0 rings (SSSR count). The Kier molecular flexibility index (Phi) is 18.0. The van der Waals surface area contributed by atoms with Crippen LogP contribution in [0.3, 0.4) is 0 Å². The molecule has 0 unspecified atom stereocenters. The van der Waals surface area contributed by atoms with Gasteiger partial charge in [-0.1, -0.05) is 0 Å². The summed E-state index contributed by atoms with van der Waals surface area (Å²) in [6, 6.07) is 0. The van der Waals surface area contributed by atoms with E-state index >= 15 is 0 Å². The Labute approximate surface area is 86.7 Å². The molecule has 0 bridgehead atoms. The molecule has 0 aliphatic heterocycles. The van der Waals surface area contributed by atoms with Crippen LogP contribution >= 0.6 is 7.82 Å². The summed E-state index contributed by atoms with van der Waals surface area (Å²) in [6.07, 6.45) is 0. The molecular formula is C3H10NaO6P. The van der Waals surface area contributed by atoms with Gasteiger partial charge in [0.15, 0.2) is 0 Å². The van der Waals surface area contributed by atoms with Gasteiger partial charge in [0.1, 0.15) is 0 Å². The molecule has 0 aliphatic rings. The molecule has 0 heterocycles. The Balaban J connectivity index is -0.000000107. The van der Waals surface area contributed by atoms with Gasteiger partial charge in [0, 0.05) is 6.61 Å². The van der Waals surface area contributed by atoms with E-state index in [1.807, 2.05) is 0 Å². The third kappa shape index (κ3) is 98.0. The number of phosphoric acid groups is 1. The number of hydrogen-bond donors (Lipinski definition) is 4. The topological polar surface area (TPSA) is 107 Å². The van der Waals surface area contributed by atoms with Gasteiger partial charge in [-0.25, -0.2) is 11.7 Å². The molecule has 8 heteroatoms. The first-order chi connectivity index (χ1) is 4.41. The average molecular weight is 196 g/mol. The second-order valence-electron chi connectivity index (χ2n) is 1.15. The summed E-state index contributed by atoms with van der Waals surface area (Å²) >= 11 is 0. The minimum absolute atomic E-state index is 0. The number of ether oxygens (including phenoxy) is 1. The number of aliphatic hydroxyl groups is 1. The zero-order valence-electron chi connectivity index (χ0n) is 6.17. The van der Waals surface area contributed by atoms with Crippen LogP contribution in [0.2, 0.25) is 0 Å². The van der Waals surface area contributed by atoms with E-state index in [4.69, 9.17) is 24.4 Å². The molecule has 0 aliphatic carbocycles. The van der Waals surface area contributed by atoms with Crippen LogP contribution in [-0.4, -0.2) is 33.0 Å². The average Bonchev–Trinajstić information content (AvgIpc) is 1.63. The van der Waals surface area contributed by atoms with Crippen molar-refractivity contribution in [3.63, 3.8) is 0 Å². The molecular weight excluding hydrogens is 186 g/mol. The first-order valence-electron chi connectivity index (χ1n) is 2.18. The molecule has 6 nitrogen and oxygen atoms in total.